The van der Waals surface area contributed by atoms with Crippen LogP contribution in [0.1, 0.15) is 57.5 Å². The van der Waals surface area contributed by atoms with E-state index >= 15 is 0 Å². The van der Waals surface area contributed by atoms with Crippen molar-refractivity contribution in [3.63, 3.8) is 0 Å². The minimum atomic E-state index is -0.330. The van der Waals surface area contributed by atoms with E-state index in [4.69, 9.17) is 9.15 Å². The number of benzene rings is 3. The first-order valence-corrected chi connectivity index (χ1v) is 13.2. The summed E-state index contributed by atoms with van der Waals surface area (Å²) < 4.78 is 25.5. The summed E-state index contributed by atoms with van der Waals surface area (Å²) in [5.74, 6) is 0.955. The summed E-state index contributed by atoms with van der Waals surface area (Å²) in [6.07, 6.45) is 2.61. The lowest BCUT2D eigenvalue weighted by molar-refractivity contribution is -0.134. The highest BCUT2D eigenvalue weighted by Gasteiger charge is 2.39. The van der Waals surface area contributed by atoms with Crippen molar-refractivity contribution in [3.05, 3.63) is 118 Å². The monoisotopic (exact) mass is 524 g/mol. The van der Waals surface area contributed by atoms with Crippen molar-refractivity contribution in [1.29, 1.82) is 0 Å². The molecule has 1 aromatic heterocycles. The molecule has 6 rings (SSSR count). The second-order valence-corrected chi connectivity index (χ2v) is 10.2. The van der Waals surface area contributed by atoms with Gasteiger partial charge in [0.15, 0.2) is 5.76 Å². The number of aryl methyl sites for hydroxylation is 1. The molecule has 1 atom stereocenters. The molecule has 3 aromatic carbocycles. The van der Waals surface area contributed by atoms with Crippen LogP contribution in [0.4, 0.5) is 10.1 Å². The van der Waals surface area contributed by atoms with Crippen LogP contribution >= 0.6 is 0 Å². The second-order valence-electron chi connectivity index (χ2n) is 10.2. The zero-order valence-corrected chi connectivity index (χ0v) is 21.7. The second kappa shape index (κ2) is 10.4. The lowest BCUT2D eigenvalue weighted by Gasteiger charge is -2.38. The first kappa shape index (κ1) is 24.9. The van der Waals surface area contributed by atoms with E-state index < -0.39 is 0 Å². The van der Waals surface area contributed by atoms with Gasteiger partial charge in [0.05, 0.1) is 6.04 Å². The molecule has 198 valence electrons. The molecule has 1 aliphatic heterocycles. The Morgan fingerprint density at radius 1 is 1.03 bits per heavy atom. The van der Waals surface area contributed by atoms with Crippen molar-refractivity contribution in [3.8, 4) is 5.75 Å². The number of amides is 2. The topological polar surface area (TPSA) is 71.8 Å². The van der Waals surface area contributed by atoms with Crippen LogP contribution in [0.15, 0.2) is 83.3 Å². The van der Waals surface area contributed by atoms with E-state index in [1.54, 1.807) is 24.3 Å². The molecular weight excluding hydrogens is 495 g/mol. The average molecular weight is 525 g/mol. The Balaban J connectivity index is 1.19. The van der Waals surface area contributed by atoms with Crippen molar-refractivity contribution in [1.82, 2.24) is 4.90 Å². The fourth-order valence-corrected chi connectivity index (χ4v) is 5.14. The van der Waals surface area contributed by atoms with Crippen LogP contribution in [0.3, 0.4) is 0 Å². The SMILES string of the molecule is Cc1cccc(NC(=O)c2ccc(COc3ccc4c(c3)C(c3ccc(F)cc3)N(C(=O)C3CC3)CC4)o2)c1. The van der Waals surface area contributed by atoms with Gasteiger partial charge in [-0.25, -0.2) is 4.39 Å². The summed E-state index contributed by atoms with van der Waals surface area (Å²) in [5, 5.41) is 2.84. The highest BCUT2D eigenvalue weighted by Crippen LogP contribution is 2.41. The van der Waals surface area contributed by atoms with E-state index in [1.165, 1.54) is 12.1 Å². The fourth-order valence-electron chi connectivity index (χ4n) is 5.14. The molecule has 2 heterocycles. The third kappa shape index (κ3) is 5.43. The number of hydrogen-bond donors (Lipinski definition) is 1. The quantitative estimate of drug-likeness (QED) is 0.302. The Labute approximate surface area is 226 Å². The number of anilines is 1. The van der Waals surface area contributed by atoms with Crippen LogP contribution < -0.4 is 10.1 Å². The lowest BCUT2D eigenvalue weighted by Crippen LogP contribution is -2.41. The van der Waals surface area contributed by atoms with Gasteiger partial charge in [0.2, 0.25) is 5.91 Å². The van der Waals surface area contributed by atoms with Crippen molar-refractivity contribution in [2.24, 2.45) is 5.92 Å². The lowest BCUT2D eigenvalue weighted by atomic mass is 9.87. The molecule has 1 N–H and O–H groups in total. The van der Waals surface area contributed by atoms with Crippen molar-refractivity contribution >= 4 is 17.5 Å². The van der Waals surface area contributed by atoms with Crippen LogP contribution in [0, 0.1) is 18.7 Å². The molecule has 0 spiro atoms. The van der Waals surface area contributed by atoms with E-state index in [1.807, 2.05) is 54.3 Å². The van der Waals surface area contributed by atoms with E-state index in [9.17, 15) is 14.0 Å². The van der Waals surface area contributed by atoms with Gasteiger partial charge < -0.3 is 19.4 Å². The normalized spacial score (nSPS) is 16.5. The molecule has 1 aliphatic carbocycles. The number of carbonyl (C=O) groups is 2. The summed E-state index contributed by atoms with van der Waals surface area (Å²) in [6, 6.07) is 22.9. The van der Waals surface area contributed by atoms with Crippen LogP contribution in [0.25, 0.3) is 0 Å². The Hall–Kier alpha value is -4.39. The summed E-state index contributed by atoms with van der Waals surface area (Å²) in [4.78, 5) is 27.7. The third-order valence-electron chi connectivity index (χ3n) is 7.28. The van der Waals surface area contributed by atoms with E-state index in [2.05, 4.69) is 5.32 Å². The zero-order valence-electron chi connectivity index (χ0n) is 21.7. The molecule has 2 amide bonds. The van der Waals surface area contributed by atoms with Crippen LogP contribution in [-0.2, 0) is 17.8 Å². The van der Waals surface area contributed by atoms with Gasteiger partial charge in [-0.2, -0.15) is 0 Å². The third-order valence-corrected chi connectivity index (χ3v) is 7.28. The first-order chi connectivity index (χ1) is 18.9. The zero-order chi connectivity index (χ0) is 26.9. The van der Waals surface area contributed by atoms with Gasteiger partial charge in [0.25, 0.3) is 5.91 Å². The Kier molecular flexibility index (Phi) is 6.65. The average Bonchev–Trinajstić information content (AvgIpc) is 3.68. The van der Waals surface area contributed by atoms with Crippen LogP contribution in [0.5, 0.6) is 5.75 Å². The molecular formula is C32H29FN2O4. The number of rotatable bonds is 7. The van der Waals surface area contributed by atoms with E-state index in [0.717, 1.165) is 41.5 Å². The van der Waals surface area contributed by atoms with E-state index in [-0.39, 0.29) is 42.0 Å². The van der Waals surface area contributed by atoms with Gasteiger partial charge in [-0.1, -0.05) is 30.3 Å². The minimum absolute atomic E-state index is 0.0881. The molecule has 4 aromatic rings. The van der Waals surface area contributed by atoms with Crippen LogP contribution in [0.2, 0.25) is 0 Å². The molecule has 1 unspecified atom stereocenters. The molecule has 0 radical (unpaired) electrons. The minimum Gasteiger partial charge on any atom is -0.486 e. The van der Waals surface area contributed by atoms with Gasteiger partial charge in [0.1, 0.15) is 23.9 Å². The van der Waals surface area contributed by atoms with Gasteiger partial charge in [0, 0.05) is 18.2 Å². The maximum Gasteiger partial charge on any atom is 0.291 e. The first-order valence-electron chi connectivity index (χ1n) is 13.2. The molecule has 39 heavy (non-hydrogen) atoms. The fraction of sp³-hybridized carbons (Fsp3) is 0.250. The number of nitrogens with zero attached hydrogens (tertiary/aromatic N) is 1. The molecule has 0 saturated heterocycles. The van der Waals surface area contributed by atoms with Crippen molar-refractivity contribution in [2.75, 3.05) is 11.9 Å². The summed E-state index contributed by atoms with van der Waals surface area (Å²) >= 11 is 0. The number of carbonyl (C=O) groups excluding carboxylic acids is 2. The van der Waals surface area contributed by atoms with Gasteiger partial charge >= 0.3 is 0 Å². The molecule has 0 bridgehead atoms. The Bertz CT molecular complexity index is 1520. The smallest absolute Gasteiger partial charge is 0.291 e. The number of nitrogens with one attached hydrogen (secondary N) is 1. The Morgan fingerprint density at radius 3 is 2.62 bits per heavy atom. The predicted octanol–water partition coefficient (Wildman–Crippen LogP) is 6.44. The molecule has 1 saturated carbocycles. The number of furan rings is 1. The van der Waals surface area contributed by atoms with E-state index in [0.29, 0.717) is 23.7 Å². The molecule has 2 aliphatic rings. The number of ether oxygens (including phenoxy) is 1. The number of hydrogen-bond acceptors (Lipinski definition) is 4. The van der Waals surface area contributed by atoms with Crippen molar-refractivity contribution in [2.45, 2.75) is 38.8 Å². The van der Waals surface area contributed by atoms with Gasteiger partial charge in [-0.15, -0.1) is 0 Å². The Morgan fingerprint density at radius 2 is 1.85 bits per heavy atom. The van der Waals surface area contributed by atoms with Crippen LogP contribution in [-0.4, -0.2) is 23.3 Å². The molecule has 6 nitrogen and oxygen atoms in total. The number of halogens is 1. The van der Waals surface area contributed by atoms with Gasteiger partial charge in [-0.05, 0) is 97.0 Å². The highest BCUT2D eigenvalue weighted by atomic mass is 19.1. The summed E-state index contributed by atoms with van der Waals surface area (Å²) in [6.45, 7) is 2.73. The summed E-state index contributed by atoms with van der Waals surface area (Å²) in [7, 11) is 0. The molecule has 1 fully saturated rings. The van der Waals surface area contributed by atoms with Gasteiger partial charge in [-0.3, -0.25) is 9.59 Å². The maximum absolute atomic E-state index is 13.7. The highest BCUT2D eigenvalue weighted by molar-refractivity contribution is 6.02. The largest absolute Gasteiger partial charge is 0.486 e. The number of fused-ring (bicyclic) bond motifs is 1. The maximum atomic E-state index is 13.7. The standard InChI is InChI=1S/C32H29FN2O4/c1-20-3-2-4-25(17-20)34-31(36)29-14-13-27(39-29)19-38-26-12-9-21-15-16-35(32(37)23-5-6-23)30(28(21)18-26)22-7-10-24(33)11-8-22/h2-4,7-14,17-18,23,30H,5-6,15-16,19H2,1H3,(H,34,36). The van der Waals surface area contributed by atoms with Crippen molar-refractivity contribution < 1.29 is 23.1 Å². The summed E-state index contributed by atoms with van der Waals surface area (Å²) in [5.41, 5.74) is 4.75. The molecule has 7 heteroatoms. The predicted molar refractivity (Wildman–Crippen MR) is 145 cm³/mol.